The Hall–Kier alpha value is -3.28. The van der Waals surface area contributed by atoms with Gasteiger partial charge < -0.3 is 5.32 Å². The average Bonchev–Trinajstić information content (AvgIpc) is 3.12. The summed E-state index contributed by atoms with van der Waals surface area (Å²) in [6.07, 6.45) is 6.12. The molecular formula is C20H18FN5. The SMILES string of the molecule is C[C@@H](Cc1cccnc1)Nc1cc(-c2ccccc2F)nc2ccnn12. The zero-order chi connectivity index (χ0) is 17.9. The molecule has 0 aliphatic carbocycles. The van der Waals surface area contributed by atoms with Crippen LogP contribution in [0.2, 0.25) is 0 Å². The van der Waals surface area contributed by atoms with Crippen molar-refractivity contribution in [3.05, 3.63) is 78.5 Å². The standard InChI is InChI=1S/C20H18FN5/c1-14(11-15-5-4-9-22-13-15)24-20-12-18(16-6-2-3-7-17(16)21)25-19-8-10-23-26(19)20/h2-10,12-14,24H,11H2,1H3/t14-/m0/s1. The van der Waals surface area contributed by atoms with Crippen LogP contribution in [0.4, 0.5) is 10.2 Å². The number of hydrogen-bond donors (Lipinski definition) is 1. The van der Waals surface area contributed by atoms with Crippen LogP contribution in [0, 0.1) is 5.82 Å². The van der Waals surface area contributed by atoms with Crippen LogP contribution < -0.4 is 5.32 Å². The zero-order valence-corrected chi connectivity index (χ0v) is 14.3. The molecule has 3 aromatic heterocycles. The molecule has 0 bridgehead atoms. The van der Waals surface area contributed by atoms with E-state index in [4.69, 9.17) is 0 Å². The first-order valence-electron chi connectivity index (χ1n) is 8.46. The van der Waals surface area contributed by atoms with E-state index >= 15 is 0 Å². The third-order valence-electron chi connectivity index (χ3n) is 4.17. The first-order chi connectivity index (χ1) is 12.7. The van der Waals surface area contributed by atoms with Crippen molar-refractivity contribution in [1.82, 2.24) is 19.6 Å². The molecule has 4 rings (SSSR count). The highest BCUT2D eigenvalue weighted by atomic mass is 19.1. The van der Waals surface area contributed by atoms with E-state index in [0.29, 0.717) is 16.9 Å². The lowest BCUT2D eigenvalue weighted by molar-refractivity contribution is 0.630. The summed E-state index contributed by atoms with van der Waals surface area (Å²) in [6, 6.07) is 14.4. The summed E-state index contributed by atoms with van der Waals surface area (Å²) in [5.74, 6) is 0.480. The zero-order valence-electron chi connectivity index (χ0n) is 14.3. The highest BCUT2D eigenvalue weighted by Crippen LogP contribution is 2.25. The number of pyridine rings is 1. The number of rotatable bonds is 5. The third-order valence-corrected chi connectivity index (χ3v) is 4.17. The van der Waals surface area contributed by atoms with Crippen molar-refractivity contribution < 1.29 is 4.39 Å². The fraction of sp³-hybridized carbons (Fsp3) is 0.150. The summed E-state index contributed by atoms with van der Waals surface area (Å²) in [6.45, 7) is 2.09. The fourth-order valence-electron chi connectivity index (χ4n) is 3.00. The summed E-state index contributed by atoms with van der Waals surface area (Å²) in [4.78, 5) is 8.68. The van der Waals surface area contributed by atoms with Crippen molar-refractivity contribution in [2.24, 2.45) is 0 Å². The van der Waals surface area contributed by atoms with Crippen LogP contribution in [0.3, 0.4) is 0 Å². The molecule has 0 fully saturated rings. The fourth-order valence-corrected chi connectivity index (χ4v) is 3.00. The van der Waals surface area contributed by atoms with Crippen molar-refractivity contribution in [1.29, 1.82) is 0 Å². The molecule has 0 aliphatic rings. The smallest absolute Gasteiger partial charge is 0.157 e. The van der Waals surface area contributed by atoms with E-state index in [9.17, 15) is 4.39 Å². The molecule has 3 heterocycles. The Morgan fingerprint density at radius 1 is 1.12 bits per heavy atom. The van der Waals surface area contributed by atoms with Crippen LogP contribution in [-0.2, 0) is 6.42 Å². The molecule has 0 saturated carbocycles. The normalized spacial score (nSPS) is 12.2. The van der Waals surface area contributed by atoms with Gasteiger partial charge in [0.05, 0.1) is 11.9 Å². The number of anilines is 1. The van der Waals surface area contributed by atoms with Crippen LogP contribution in [0.25, 0.3) is 16.9 Å². The molecule has 0 saturated heterocycles. The molecule has 1 aromatic carbocycles. The van der Waals surface area contributed by atoms with E-state index in [2.05, 4.69) is 27.3 Å². The first-order valence-corrected chi connectivity index (χ1v) is 8.46. The van der Waals surface area contributed by atoms with E-state index in [1.165, 1.54) is 6.07 Å². The van der Waals surface area contributed by atoms with Gasteiger partial charge >= 0.3 is 0 Å². The second-order valence-corrected chi connectivity index (χ2v) is 6.22. The summed E-state index contributed by atoms with van der Waals surface area (Å²) in [5, 5.41) is 7.78. The van der Waals surface area contributed by atoms with Gasteiger partial charge in [-0.05, 0) is 37.1 Å². The monoisotopic (exact) mass is 347 g/mol. The number of fused-ring (bicyclic) bond motifs is 1. The van der Waals surface area contributed by atoms with Gasteiger partial charge in [0.1, 0.15) is 11.6 Å². The minimum atomic E-state index is -0.293. The number of benzene rings is 1. The van der Waals surface area contributed by atoms with Crippen LogP contribution in [0.15, 0.2) is 67.1 Å². The molecule has 4 aromatic rings. The predicted octanol–water partition coefficient (Wildman–Crippen LogP) is 3.97. The van der Waals surface area contributed by atoms with Crippen molar-refractivity contribution in [2.45, 2.75) is 19.4 Å². The van der Waals surface area contributed by atoms with Gasteiger partial charge in [-0.1, -0.05) is 18.2 Å². The number of hydrogen-bond acceptors (Lipinski definition) is 4. The highest BCUT2D eigenvalue weighted by Gasteiger charge is 2.13. The predicted molar refractivity (Wildman–Crippen MR) is 99.4 cm³/mol. The Bertz CT molecular complexity index is 1030. The molecule has 26 heavy (non-hydrogen) atoms. The van der Waals surface area contributed by atoms with Crippen molar-refractivity contribution in [3.63, 3.8) is 0 Å². The van der Waals surface area contributed by atoms with Crippen LogP contribution in [-0.4, -0.2) is 25.6 Å². The van der Waals surface area contributed by atoms with E-state index < -0.39 is 0 Å². The third kappa shape index (κ3) is 3.26. The van der Waals surface area contributed by atoms with Crippen molar-refractivity contribution in [2.75, 3.05) is 5.32 Å². The van der Waals surface area contributed by atoms with Gasteiger partial charge in [0.25, 0.3) is 0 Å². The van der Waals surface area contributed by atoms with Gasteiger partial charge in [0.2, 0.25) is 0 Å². The summed E-state index contributed by atoms with van der Waals surface area (Å²) in [7, 11) is 0. The van der Waals surface area contributed by atoms with Crippen molar-refractivity contribution in [3.8, 4) is 11.3 Å². The largest absolute Gasteiger partial charge is 0.367 e. The van der Waals surface area contributed by atoms with E-state index in [0.717, 1.165) is 17.8 Å². The lowest BCUT2D eigenvalue weighted by Gasteiger charge is -2.17. The lowest BCUT2D eigenvalue weighted by Crippen LogP contribution is -2.20. The Morgan fingerprint density at radius 3 is 2.81 bits per heavy atom. The molecule has 0 unspecified atom stereocenters. The van der Waals surface area contributed by atoms with Gasteiger partial charge in [-0.2, -0.15) is 9.61 Å². The topological polar surface area (TPSA) is 55.1 Å². The Morgan fingerprint density at radius 2 is 2.00 bits per heavy atom. The molecule has 6 heteroatoms. The maximum atomic E-state index is 14.2. The van der Waals surface area contributed by atoms with Gasteiger partial charge in [0, 0.05) is 36.1 Å². The minimum absolute atomic E-state index is 0.141. The Labute approximate surface area is 150 Å². The average molecular weight is 347 g/mol. The van der Waals surface area contributed by atoms with E-state index in [-0.39, 0.29) is 11.9 Å². The van der Waals surface area contributed by atoms with E-state index in [1.807, 2.05) is 24.4 Å². The number of aromatic nitrogens is 4. The van der Waals surface area contributed by atoms with Crippen molar-refractivity contribution >= 4 is 11.5 Å². The van der Waals surface area contributed by atoms with Gasteiger partial charge in [-0.3, -0.25) is 4.98 Å². The second-order valence-electron chi connectivity index (χ2n) is 6.22. The maximum absolute atomic E-state index is 14.2. The highest BCUT2D eigenvalue weighted by molar-refractivity contribution is 5.67. The quantitative estimate of drug-likeness (QED) is 0.593. The molecule has 0 spiro atoms. The molecular weight excluding hydrogens is 329 g/mol. The number of nitrogens with zero attached hydrogens (tertiary/aromatic N) is 4. The lowest BCUT2D eigenvalue weighted by atomic mass is 10.1. The first kappa shape index (κ1) is 16.2. The summed E-state index contributed by atoms with van der Waals surface area (Å²) < 4.78 is 15.9. The maximum Gasteiger partial charge on any atom is 0.157 e. The Balaban J connectivity index is 1.68. The van der Waals surface area contributed by atoms with Gasteiger partial charge in [-0.25, -0.2) is 9.37 Å². The Kier molecular flexibility index (Phi) is 4.31. The second kappa shape index (κ2) is 6.92. The van der Waals surface area contributed by atoms with Crippen LogP contribution in [0.5, 0.6) is 0 Å². The molecule has 130 valence electrons. The molecule has 1 N–H and O–H groups in total. The number of nitrogens with one attached hydrogen (secondary N) is 1. The van der Waals surface area contributed by atoms with Crippen LogP contribution >= 0.6 is 0 Å². The summed E-state index contributed by atoms with van der Waals surface area (Å²) in [5.41, 5.74) is 2.86. The summed E-state index contributed by atoms with van der Waals surface area (Å²) >= 11 is 0. The molecule has 1 atom stereocenters. The molecule has 5 nitrogen and oxygen atoms in total. The van der Waals surface area contributed by atoms with Gasteiger partial charge in [0.15, 0.2) is 5.65 Å². The van der Waals surface area contributed by atoms with Crippen LogP contribution in [0.1, 0.15) is 12.5 Å². The molecule has 0 amide bonds. The van der Waals surface area contributed by atoms with E-state index in [1.54, 1.807) is 41.2 Å². The van der Waals surface area contributed by atoms with Gasteiger partial charge in [-0.15, -0.1) is 0 Å². The number of halogens is 1. The molecule has 0 aliphatic heterocycles. The molecule has 0 radical (unpaired) electrons. The minimum Gasteiger partial charge on any atom is -0.367 e.